The minimum absolute atomic E-state index is 0.554. The predicted octanol–water partition coefficient (Wildman–Crippen LogP) is 3.55. The van der Waals surface area contributed by atoms with Crippen LogP contribution in [0.5, 0.6) is 0 Å². The summed E-state index contributed by atoms with van der Waals surface area (Å²) in [5.74, 6) is 0.660. The number of rotatable bonds is 4. The number of nitrogens with zero attached hydrogens (tertiary/aromatic N) is 3. The molecule has 4 nitrogen and oxygen atoms in total. The van der Waals surface area contributed by atoms with E-state index >= 15 is 0 Å². The molecule has 2 heterocycles. The van der Waals surface area contributed by atoms with E-state index in [1.54, 1.807) is 10.9 Å². The molecule has 0 aliphatic carbocycles. The maximum atomic E-state index is 11.8. The molecule has 4 heteroatoms. The zero-order chi connectivity index (χ0) is 17.1. The number of aliphatic hydroxyl groups is 1. The first-order valence-electron chi connectivity index (χ1n) is 8.09. The Morgan fingerprint density at radius 1 is 0.720 bits per heavy atom. The Morgan fingerprint density at radius 3 is 1.92 bits per heavy atom. The summed E-state index contributed by atoms with van der Waals surface area (Å²) in [7, 11) is 0. The molecule has 0 fully saturated rings. The molecule has 2 aromatic carbocycles. The van der Waals surface area contributed by atoms with Gasteiger partial charge in [-0.2, -0.15) is 5.10 Å². The fourth-order valence-corrected chi connectivity index (χ4v) is 2.98. The van der Waals surface area contributed by atoms with E-state index in [0.717, 1.165) is 11.1 Å². The van der Waals surface area contributed by atoms with Gasteiger partial charge in [0.25, 0.3) is 0 Å². The molecule has 4 aromatic rings. The summed E-state index contributed by atoms with van der Waals surface area (Å²) in [6, 6.07) is 26.6. The molecule has 0 saturated heterocycles. The van der Waals surface area contributed by atoms with E-state index in [1.807, 2.05) is 91.1 Å². The van der Waals surface area contributed by atoms with Gasteiger partial charge in [-0.05, 0) is 29.3 Å². The van der Waals surface area contributed by atoms with Crippen LogP contribution in [0.2, 0.25) is 0 Å². The summed E-state index contributed by atoms with van der Waals surface area (Å²) >= 11 is 0. The number of hydrogen-bond donors (Lipinski definition) is 1. The smallest absolute Gasteiger partial charge is 0.157 e. The largest absolute Gasteiger partial charge is 0.374 e. The average molecular weight is 327 g/mol. The van der Waals surface area contributed by atoms with Crippen molar-refractivity contribution in [3.8, 4) is 5.82 Å². The maximum Gasteiger partial charge on any atom is 0.157 e. The van der Waals surface area contributed by atoms with Gasteiger partial charge in [0, 0.05) is 12.4 Å². The molecule has 0 bridgehead atoms. The van der Waals surface area contributed by atoms with Crippen molar-refractivity contribution >= 4 is 0 Å². The van der Waals surface area contributed by atoms with Crippen LogP contribution in [0.25, 0.3) is 5.82 Å². The van der Waals surface area contributed by atoms with Crippen LogP contribution >= 0.6 is 0 Å². The van der Waals surface area contributed by atoms with Gasteiger partial charge in [0.1, 0.15) is 0 Å². The standard InChI is InChI=1S/C21H17N3O/c25-21(17-9-3-1-4-10-17,18-11-5-2-6-12-18)19-13-7-14-20(23-19)24-16-8-15-22-24/h1-16,25H. The Kier molecular flexibility index (Phi) is 3.88. The highest BCUT2D eigenvalue weighted by Crippen LogP contribution is 2.35. The SMILES string of the molecule is OC(c1ccccc1)(c1ccccc1)c1cccc(-n2cccn2)n1. The van der Waals surface area contributed by atoms with Crippen molar-refractivity contribution in [1.29, 1.82) is 0 Å². The van der Waals surface area contributed by atoms with Crippen LogP contribution in [-0.4, -0.2) is 19.9 Å². The van der Waals surface area contributed by atoms with E-state index in [0.29, 0.717) is 11.5 Å². The summed E-state index contributed by atoms with van der Waals surface area (Å²) in [6.07, 6.45) is 3.53. The van der Waals surface area contributed by atoms with Crippen LogP contribution in [0, 0.1) is 0 Å². The highest BCUT2D eigenvalue weighted by molar-refractivity contribution is 5.45. The fourth-order valence-electron chi connectivity index (χ4n) is 2.98. The lowest BCUT2D eigenvalue weighted by molar-refractivity contribution is 0.121. The molecular formula is C21H17N3O. The Morgan fingerprint density at radius 2 is 1.36 bits per heavy atom. The number of hydrogen-bond acceptors (Lipinski definition) is 3. The van der Waals surface area contributed by atoms with Crippen molar-refractivity contribution in [2.75, 3.05) is 0 Å². The summed E-state index contributed by atoms with van der Waals surface area (Å²) in [4.78, 5) is 4.69. The molecule has 25 heavy (non-hydrogen) atoms. The maximum absolute atomic E-state index is 11.8. The van der Waals surface area contributed by atoms with Crippen molar-refractivity contribution in [2.24, 2.45) is 0 Å². The summed E-state index contributed by atoms with van der Waals surface area (Å²) < 4.78 is 1.68. The van der Waals surface area contributed by atoms with Gasteiger partial charge in [-0.1, -0.05) is 66.7 Å². The Labute approximate surface area is 146 Å². The third-order valence-corrected chi connectivity index (χ3v) is 4.23. The Balaban J connectivity index is 1.92. The van der Waals surface area contributed by atoms with Gasteiger partial charge in [0.05, 0.1) is 5.69 Å². The minimum Gasteiger partial charge on any atom is -0.374 e. The van der Waals surface area contributed by atoms with E-state index < -0.39 is 5.60 Å². The van der Waals surface area contributed by atoms with Gasteiger partial charge in [0.2, 0.25) is 0 Å². The lowest BCUT2D eigenvalue weighted by Gasteiger charge is -2.29. The van der Waals surface area contributed by atoms with Gasteiger partial charge in [-0.3, -0.25) is 0 Å². The molecule has 0 saturated carbocycles. The number of aromatic nitrogens is 3. The molecule has 0 atom stereocenters. The van der Waals surface area contributed by atoms with Crippen LogP contribution in [0.1, 0.15) is 16.8 Å². The topological polar surface area (TPSA) is 50.9 Å². The minimum atomic E-state index is -1.34. The van der Waals surface area contributed by atoms with E-state index in [9.17, 15) is 5.11 Å². The van der Waals surface area contributed by atoms with Gasteiger partial charge in [-0.15, -0.1) is 0 Å². The Hall–Kier alpha value is -3.24. The molecule has 0 aliphatic rings. The normalized spacial score (nSPS) is 11.4. The van der Waals surface area contributed by atoms with Gasteiger partial charge in [-0.25, -0.2) is 9.67 Å². The molecule has 4 rings (SSSR count). The summed E-state index contributed by atoms with van der Waals surface area (Å²) in [6.45, 7) is 0. The molecular weight excluding hydrogens is 310 g/mol. The van der Waals surface area contributed by atoms with Crippen molar-refractivity contribution in [3.05, 3.63) is 114 Å². The third-order valence-electron chi connectivity index (χ3n) is 4.23. The molecule has 0 aliphatic heterocycles. The van der Waals surface area contributed by atoms with Crippen LogP contribution in [0.15, 0.2) is 97.3 Å². The second-order valence-electron chi connectivity index (χ2n) is 5.77. The zero-order valence-corrected chi connectivity index (χ0v) is 13.5. The zero-order valence-electron chi connectivity index (χ0n) is 13.5. The van der Waals surface area contributed by atoms with E-state index in [4.69, 9.17) is 4.98 Å². The first-order valence-corrected chi connectivity index (χ1v) is 8.09. The van der Waals surface area contributed by atoms with Crippen molar-refractivity contribution < 1.29 is 5.11 Å². The summed E-state index contributed by atoms with van der Waals surface area (Å²) in [5.41, 5.74) is 0.751. The first kappa shape index (κ1) is 15.3. The van der Waals surface area contributed by atoms with Crippen LogP contribution in [0.3, 0.4) is 0 Å². The Bertz CT molecular complexity index is 911. The van der Waals surface area contributed by atoms with E-state index in [1.165, 1.54) is 0 Å². The summed E-state index contributed by atoms with van der Waals surface area (Å²) in [5, 5.41) is 16.0. The van der Waals surface area contributed by atoms with Crippen LogP contribution < -0.4 is 0 Å². The lowest BCUT2D eigenvalue weighted by atomic mass is 9.83. The average Bonchev–Trinajstić information content (AvgIpc) is 3.24. The molecule has 2 aromatic heterocycles. The second-order valence-corrected chi connectivity index (χ2v) is 5.77. The fraction of sp³-hybridized carbons (Fsp3) is 0.0476. The molecule has 0 radical (unpaired) electrons. The number of pyridine rings is 1. The quantitative estimate of drug-likeness (QED) is 0.623. The van der Waals surface area contributed by atoms with Gasteiger partial charge >= 0.3 is 0 Å². The lowest BCUT2D eigenvalue weighted by Crippen LogP contribution is -2.30. The van der Waals surface area contributed by atoms with Gasteiger partial charge in [0.15, 0.2) is 11.4 Å². The first-order chi connectivity index (χ1) is 12.3. The third kappa shape index (κ3) is 2.73. The van der Waals surface area contributed by atoms with Gasteiger partial charge < -0.3 is 5.11 Å². The molecule has 122 valence electrons. The van der Waals surface area contributed by atoms with Crippen molar-refractivity contribution in [3.63, 3.8) is 0 Å². The van der Waals surface area contributed by atoms with Crippen LogP contribution in [0.4, 0.5) is 0 Å². The predicted molar refractivity (Wildman–Crippen MR) is 96.3 cm³/mol. The molecule has 0 unspecified atom stereocenters. The highest BCUT2D eigenvalue weighted by atomic mass is 16.3. The van der Waals surface area contributed by atoms with Crippen molar-refractivity contribution in [1.82, 2.24) is 14.8 Å². The van der Waals surface area contributed by atoms with E-state index in [-0.39, 0.29) is 0 Å². The van der Waals surface area contributed by atoms with Crippen molar-refractivity contribution in [2.45, 2.75) is 5.60 Å². The molecule has 0 spiro atoms. The molecule has 1 N–H and O–H groups in total. The monoisotopic (exact) mass is 327 g/mol. The molecule has 0 amide bonds. The highest BCUT2D eigenvalue weighted by Gasteiger charge is 2.35. The van der Waals surface area contributed by atoms with E-state index in [2.05, 4.69) is 5.10 Å². The number of benzene rings is 2. The van der Waals surface area contributed by atoms with Crippen LogP contribution in [-0.2, 0) is 5.60 Å². The second kappa shape index (κ2) is 6.34.